The molecular weight excluding hydrogens is 336 g/mol. The zero-order valence-electron chi connectivity index (χ0n) is 15.0. The summed E-state index contributed by atoms with van der Waals surface area (Å²) in [5.74, 6) is 1.57. The molecule has 3 rings (SSSR count). The van der Waals surface area contributed by atoms with Crippen molar-refractivity contribution in [2.75, 3.05) is 6.54 Å². The number of rotatable bonds is 6. The molecule has 0 bridgehead atoms. The highest BCUT2D eigenvalue weighted by atomic mass is 35.5. The molecule has 0 saturated carbocycles. The molecule has 0 aliphatic carbocycles. The first-order valence-electron chi connectivity index (χ1n) is 8.90. The number of thiophene rings is 1. The number of hydrogen-bond acceptors (Lipinski definition) is 3. The van der Waals surface area contributed by atoms with Gasteiger partial charge in [0.15, 0.2) is 0 Å². The van der Waals surface area contributed by atoms with Gasteiger partial charge in [0.2, 0.25) is 0 Å². The summed E-state index contributed by atoms with van der Waals surface area (Å²) in [4.78, 5) is 6.27. The summed E-state index contributed by atoms with van der Waals surface area (Å²) in [6, 6.07) is 8.69. The first kappa shape index (κ1) is 17.8. The molecule has 2 nitrogen and oxygen atoms in total. The minimum atomic E-state index is 0.0440. The summed E-state index contributed by atoms with van der Waals surface area (Å²) in [5, 5.41) is 5.24. The number of hydrogen-bond donors (Lipinski definition) is 1. The normalized spacial score (nSPS) is 19.1. The van der Waals surface area contributed by atoms with Gasteiger partial charge in [-0.2, -0.15) is 0 Å². The van der Waals surface area contributed by atoms with E-state index in [2.05, 4.69) is 57.3 Å². The summed E-state index contributed by atoms with van der Waals surface area (Å²) < 4.78 is 1.35. The van der Waals surface area contributed by atoms with E-state index < -0.39 is 0 Å². The van der Waals surface area contributed by atoms with Crippen molar-refractivity contribution in [2.24, 2.45) is 4.99 Å². The summed E-state index contributed by atoms with van der Waals surface area (Å²) in [6.07, 6.45) is 3.23. The summed E-state index contributed by atoms with van der Waals surface area (Å²) in [7, 11) is 0. The predicted molar refractivity (Wildman–Crippen MR) is 108 cm³/mol. The average Bonchev–Trinajstić information content (AvgIpc) is 3.11. The number of fused-ring (bicyclic) bond motifs is 1. The van der Waals surface area contributed by atoms with Crippen molar-refractivity contribution >= 4 is 38.9 Å². The van der Waals surface area contributed by atoms with Crippen LogP contribution in [-0.4, -0.2) is 23.3 Å². The van der Waals surface area contributed by atoms with Crippen molar-refractivity contribution in [1.29, 1.82) is 0 Å². The molecular formula is C20H27ClN2S. The molecule has 4 heteroatoms. The second-order valence-corrected chi connectivity index (χ2v) is 9.20. The van der Waals surface area contributed by atoms with Crippen LogP contribution in [0.2, 0.25) is 0 Å². The van der Waals surface area contributed by atoms with Crippen molar-refractivity contribution < 1.29 is 0 Å². The Morgan fingerprint density at radius 1 is 1.29 bits per heavy atom. The third kappa shape index (κ3) is 3.62. The third-order valence-corrected chi connectivity index (χ3v) is 6.68. The number of benzene rings is 1. The first-order chi connectivity index (χ1) is 11.4. The maximum absolute atomic E-state index is 6.35. The molecule has 0 fully saturated rings. The molecule has 2 aromatic rings. The van der Waals surface area contributed by atoms with Crippen LogP contribution in [0.4, 0.5) is 0 Å². The maximum Gasteiger partial charge on any atom is 0.130 e. The van der Waals surface area contributed by atoms with Crippen LogP contribution in [0, 0.1) is 0 Å². The van der Waals surface area contributed by atoms with Crippen molar-refractivity contribution in [2.45, 2.75) is 63.8 Å². The lowest BCUT2D eigenvalue weighted by molar-refractivity contribution is 0.506. The van der Waals surface area contributed by atoms with Gasteiger partial charge in [0.25, 0.3) is 0 Å². The van der Waals surface area contributed by atoms with Gasteiger partial charge in [-0.3, -0.25) is 4.99 Å². The Kier molecular flexibility index (Phi) is 5.22. The fraction of sp³-hybridized carbons (Fsp3) is 0.550. The first-order valence-corrected chi connectivity index (χ1v) is 10.1. The molecule has 0 amide bonds. The van der Waals surface area contributed by atoms with Crippen molar-refractivity contribution in [3.05, 3.63) is 34.7 Å². The Balaban J connectivity index is 1.97. The Morgan fingerprint density at radius 3 is 2.71 bits per heavy atom. The topological polar surface area (TPSA) is 24.4 Å². The highest BCUT2D eigenvalue weighted by Crippen LogP contribution is 2.39. The standard InChI is InChI=1S/C20H27ClN2S/c1-5-14(21)11-10-13(2)18-17(19-22-12-20(3,4)23-19)15-8-6-7-9-16(15)24-18/h6-9,13-14H,5,10-12H2,1-4H3,(H,22,23). The minimum Gasteiger partial charge on any atom is -0.363 e. The molecule has 1 N–H and O–H groups in total. The van der Waals surface area contributed by atoms with Gasteiger partial charge >= 0.3 is 0 Å². The molecule has 0 radical (unpaired) electrons. The van der Waals surface area contributed by atoms with Crippen molar-refractivity contribution in [1.82, 2.24) is 5.32 Å². The summed E-state index contributed by atoms with van der Waals surface area (Å²) in [5.41, 5.74) is 1.36. The second kappa shape index (κ2) is 7.05. The fourth-order valence-electron chi connectivity index (χ4n) is 3.24. The zero-order valence-corrected chi connectivity index (χ0v) is 16.6. The van der Waals surface area contributed by atoms with E-state index in [4.69, 9.17) is 16.6 Å². The Bertz CT molecular complexity index is 747. The van der Waals surface area contributed by atoms with Crippen LogP contribution in [0.15, 0.2) is 29.3 Å². The van der Waals surface area contributed by atoms with E-state index in [0.717, 1.165) is 31.6 Å². The van der Waals surface area contributed by atoms with Gasteiger partial charge in [-0.1, -0.05) is 32.0 Å². The molecule has 1 aromatic carbocycles. The highest BCUT2D eigenvalue weighted by Gasteiger charge is 2.30. The van der Waals surface area contributed by atoms with E-state index in [1.54, 1.807) is 0 Å². The van der Waals surface area contributed by atoms with E-state index in [0.29, 0.717) is 5.92 Å². The van der Waals surface area contributed by atoms with Crippen LogP contribution in [0.1, 0.15) is 63.3 Å². The Morgan fingerprint density at radius 2 is 2.04 bits per heavy atom. The quantitative estimate of drug-likeness (QED) is 0.632. The van der Waals surface area contributed by atoms with Gasteiger partial charge in [0.1, 0.15) is 5.84 Å². The van der Waals surface area contributed by atoms with E-state index in [1.165, 1.54) is 20.5 Å². The number of amidine groups is 1. The Hall–Kier alpha value is -1.06. The minimum absolute atomic E-state index is 0.0440. The van der Waals surface area contributed by atoms with E-state index in [-0.39, 0.29) is 10.9 Å². The van der Waals surface area contributed by atoms with Gasteiger partial charge in [0.05, 0.1) is 12.1 Å². The largest absolute Gasteiger partial charge is 0.363 e. The average molecular weight is 363 g/mol. The molecule has 1 aliphatic heterocycles. The van der Waals surface area contributed by atoms with Gasteiger partial charge in [-0.05, 0) is 45.1 Å². The smallest absolute Gasteiger partial charge is 0.130 e. The maximum atomic E-state index is 6.35. The zero-order chi connectivity index (χ0) is 17.3. The molecule has 1 aromatic heterocycles. The number of alkyl halides is 1. The van der Waals surface area contributed by atoms with Crippen LogP contribution in [-0.2, 0) is 0 Å². The van der Waals surface area contributed by atoms with Crippen LogP contribution in [0.25, 0.3) is 10.1 Å². The lowest BCUT2D eigenvalue weighted by Gasteiger charge is -2.20. The van der Waals surface area contributed by atoms with Crippen LogP contribution in [0.5, 0.6) is 0 Å². The van der Waals surface area contributed by atoms with Crippen LogP contribution >= 0.6 is 22.9 Å². The monoisotopic (exact) mass is 362 g/mol. The molecule has 24 heavy (non-hydrogen) atoms. The predicted octanol–water partition coefficient (Wildman–Crippen LogP) is 5.93. The molecule has 2 unspecified atom stereocenters. The van der Waals surface area contributed by atoms with Crippen molar-refractivity contribution in [3.8, 4) is 0 Å². The van der Waals surface area contributed by atoms with E-state index >= 15 is 0 Å². The number of halogens is 1. The SMILES string of the molecule is CCC(Cl)CCC(C)c1sc2ccccc2c1C1=NCC(C)(C)N1. The molecule has 2 atom stereocenters. The van der Waals surface area contributed by atoms with E-state index in [9.17, 15) is 0 Å². The molecule has 0 saturated heterocycles. The number of nitrogens with one attached hydrogen (secondary N) is 1. The molecule has 0 spiro atoms. The van der Waals surface area contributed by atoms with Crippen molar-refractivity contribution in [3.63, 3.8) is 0 Å². The Labute approximate surface area is 154 Å². The van der Waals surface area contributed by atoms with Gasteiger partial charge < -0.3 is 5.32 Å². The lowest BCUT2D eigenvalue weighted by Crippen LogP contribution is -2.40. The van der Waals surface area contributed by atoms with Gasteiger partial charge in [-0.15, -0.1) is 22.9 Å². The van der Waals surface area contributed by atoms with Gasteiger partial charge in [-0.25, -0.2) is 0 Å². The summed E-state index contributed by atoms with van der Waals surface area (Å²) in [6.45, 7) is 9.74. The molecule has 1 aliphatic rings. The number of aliphatic imine (C=N–C) groups is 1. The van der Waals surface area contributed by atoms with Crippen LogP contribution in [0.3, 0.4) is 0 Å². The van der Waals surface area contributed by atoms with E-state index in [1.807, 2.05) is 11.3 Å². The lowest BCUT2D eigenvalue weighted by atomic mass is 9.96. The van der Waals surface area contributed by atoms with Gasteiger partial charge in [0, 0.05) is 25.9 Å². The highest BCUT2D eigenvalue weighted by molar-refractivity contribution is 7.19. The third-order valence-electron chi connectivity index (χ3n) is 4.75. The number of nitrogens with zero attached hydrogens (tertiary/aromatic N) is 1. The second-order valence-electron chi connectivity index (χ2n) is 7.50. The molecule has 2 heterocycles. The van der Waals surface area contributed by atoms with Crippen LogP contribution < -0.4 is 5.32 Å². The molecule has 130 valence electrons. The summed E-state index contributed by atoms with van der Waals surface area (Å²) >= 11 is 8.26. The fourth-order valence-corrected chi connectivity index (χ4v) is 4.66.